The third kappa shape index (κ3) is 1.29. The van der Waals surface area contributed by atoms with Gasteiger partial charge in [-0.2, -0.15) is 0 Å². The lowest BCUT2D eigenvalue weighted by atomic mass is 10.2. The van der Waals surface area contributed by atoms with Crippen LogP contribution in [0.3, 0.4) is 0 Å². The SMILES string of the molecule is O=c1[nH]c2c(Br)c(F)ccc2cc1O. The van der Waals surface area contributed by atoms with Gasteiger partial charge in [-0.1, -0.05) is 0 Å². The minimum atomic E-state index is -0.635. The first kappa shape index (κ1) is 9.21. The molecule has 0 aliphatic carbocycles. The van der Waals surface area contributed by atoms with E-state index < -0.39 is 11.4 Å². The molecule has 1 aromatic heterocycles. The van der Waals surface area contributed by atoms with E-state index in [1.807, 2.05) is 0 Å². The van der Waals surface area contributed by atoms with E-state index in [4.69, 9.17) is 5.11 Å². The van der Waals surface area contributed by atoms with Crippen molar-refractivity contribution in [1.29, 1.82) is 0 Å². The Hall–Kier alpha value is -1.36. The molecule has 2 rings (SSSR count). The molecule has 0 saturated heterocycles. The standard InChI is InChI=1S/C9H5BrFNO2/c10-7-5(11)2-1-4-3-6(13)9(14)12-8(4)7/h1-3,13H,(H,12,14). The summed E-state index contributed by atoms with van der Waals surface area (Å²) in [5.41, 5.74) is -0.295. The van der Waals surface area contributed by atoms with Gasteiger partial charge >= 0.3 is 0 Å². The summed E-state index contributed by atoms with van der Waals surface area (Å²) in [5, 5.41) is 9.69. The number of pyridine rings is 1. The largest absolute Gasteiger partial charge is 0.503 e. The summed E-state index contributed by atoms with van der Waals surface area (Å²) in [6.07, 6.45) is 0. The first-order chi connectivity index (χ1) is 6.59. The van der Waals surface area contributed by atoms with Crippen molar-refractivity contribution in [1.82, 2.24) is 4.98 Å². The number of rotatable bonds is 0. The zero-order valence-electron chi connectivity index (χ0n) is 6.84. The zero-order chi connectivity index (χ0) is 10.3. The molecule has 0 unspecified atom stereocenters. The van der Waals surface area contributed by atoms with Crippen LogP contribution >= 0.6 is 15.9 Å². The van der Waals surface area contributed by atoms with Crippen LogP contribution in [0.25, 0.3) is 10.9 Å². The number of benzene rings is 1. The van der Waals surface area contributed by atoms with E-state index in [1.54, 1.807) is 0 Å². The molecule has 2 aromatic rings. The van der Waals surface area contributed by atoms with Crippen LogP contribution < -0.4 is 5.56 Å². The van der Waals surface area contributed by atoms with Gasteiger partial charge in [-0.3, -0.25) is 4.79 Å². The Morgan fingerprint density at radius 3 is 2.86 bits per heavy atom. The first-order valence-corrected chi connectivity index (χ1v) is 4.59. The smallest absolute Gasteiger partial charge is 0.290 e. The minimum Gasteiger partial charge on any atom is -0.503 e. The molecule has 0 fully saturated rings. The zero-order valence-corrected chi connectivity index (χ0v) is 8.43. The molecular weight excluding hydrogens is 253 g/mol. The van der Waals surface area contributed by atoms with E-state index in [0.29, 0.717) is 10.9 Å². The quantitative estimate of drug-likeness (QED) is 0.760. The number of H-pyrrole nitrogens is 1. The molecule has 5 heteroatoms. The van der Waals surface area contributed by atoms with Gasteiger partial charge in [0, 0.05) is 5.39 Å². The van der Waals surface area contributed by atoms with E-state index >= 15 is 0 Å². The van der Waals surface area contributed by atoms with Crippen LogP contribution in [0.5, 0.6) is 5.75 Å². The molecule has 1 heterocycles. The molecule has 0 saturated carbocycles. The second-order valence-corrected chi connectivity index (χ2v) is 3.60. The van der Waals surface area contributed by atoms with E-state index in [9.17, 15) is 9.18 Å². The average molecular weight is 258 g/mol. The molecule has 1 aromatic carbocycles. The van der Waals surface area contributed by atoms with E-state index in [0.717, 1.165) is 0 Å². The van der Waals surface area contributed by atoms with Crippen LogP contribution in [0.4, 0.5) is 4.39 Å². The minimum absolute atomic E-state index is 0.187. The topological polar surface area (TPSA) is 53.1 Å². The molecule has 2 N–H and O–H groups in total. The van der Waals surface area contributed by atoms with Crippen LogP contribution in [-0.2, 0) is 0 Å². The summed E-state index contributed by atoms with van der Waals surface area (Å²) in [6.45, 7) is 0. The fourth-order valence-electron chi connectivity index (χ4n) is 1.20. The normalized spacial score (nSPS) is 10.7. The van der Waals surface area contributed by atoms with Crippen molar-refractivity contribution in [2.75, 3.05) is 0 Å². The lowest BCUT2D eigenvalue weighted by molar-refractivity contribution is 0.468. The number of fused-ring (bicyclic) bond motifs is 1. The highest BCUT2D eigenvalue weighted by Crippen LogP contribution is 2.25. The van der Waals surface area contributed by atoms with Gasteiger partial charge in [-0.15, -0.1) is 0 Å². The number of aromatic nitrogens is 1. The summed E-state index contributed by atoms with van der Waals surface area (Å²) in [6, 6.07) is 4.02. The molecular formula is C9H5BrFNO2. The number of hydrogen-bond acceptors (Lipinski definition) is 2. The molecule has 14 heavy (non-hydrogen) atoms. The molecule has 0 amide bonds. The Labute approximate surface area is 86.3 Å². The van der Waals surface area contributed by atoms with Crippen LogP contribution in [0.1, 0.15) is 0 Å². The van der Waals surface area contributed by atoms with E-state index in [1.165, 1.54) is 18.2 Å². The summed E-state index contributed by atoms with van der Waals surface area (Å²) >= 11 is 3.01. The summed E-state index contributed by atoms with van der Waals surface area (Å²) in [4.78, 5) is 13.4. The van der Waals surface area contributed by atoms with Crippen LogP contribution in [0, 0.1) is 5.82 Å². The van der Waals surface area contributed by atoms with Gasteiger partial charge in [0.1, 0.15) is 5.82 Å². The fourth-order valence-corrected chi connectivity index (χ4v) is 1.66. The van der Waals surface area contributed by atoms with Gasteiger partial charge in [0.2, 0.25) is 0 Å². The third-order valence-corrected chi connectivity index (χ3v) is 2.67. The van der Waals surface area contributed by atoms with Crippen molar-refractivity contribution in [3.8, 4) is 5.75 Å². The molecule has 0 bridgehead atoms. The summed E-state index contributed by atoms with van der Waals surface area (Å²) in [7, 11) is 0. The predicted octanol–water partition coefficient (Wildman–Crippen LogP) is 2.14. The number of nitrogens with one attached hydrogen (secondary N) is 1. The Morgan fingerprint density at radius 2 is 2.14 bits per heavy atom. The van der Waals surface area contributed by atoms with Gasteiger partial charge in [-0.25, -0.2) is 4.39 Å². The molecule has 0 spiro atoms. The second kappa shape index (κ2) is 3.09. The van der Waals surface area contributed by atoms with Crippen molar-refractivity contribution in [2.24, 2.45) is 0 Å². The third-order valence-electron chi connectivity index (χ3n) is 1.89. The Morgan fingerprint density at radius 1 is 1.43 bits per heavy atom. The molecule has 0 aliphatic heterocycles. The number of aromatic hydroxyl groups is 1. The molecule has 0 radical (unpaired) electrons. The Bertz CT molecular complexity index is 564. The van der Waals surface area contributed by atoms with Crippen molar-refractivity contribution < 1.29 is 9.50 Å². The van der Waals surface area contributed by atoms with Gasteiger partial charge in [0.05, 0.1) is 9.99 Å². The molecule has 0 atom stereocenters. The van der Waals surface area contributed by atoms with Gasteiger partial charge < -0.3 is 10.1 Å². The number of hydrogen-bond donors (Lipinski definition) is 2. The van der Waals surface area contributed by atoms with Crippen LogP contribution in [0.2, 0.25) is 0 Å². The molecule has 0 aliphatic rings. The number of aromatic amines is 1. The van der Waals surface area contributed by atoms with Crippen molar-refractivity contribution in [3.63, 3.8) is 0 Å². The highest BCUT2D eigenvalue weighted by atomic mass is 79.9. The average Bonchev–Trinajstić information content (AvgIpc) is 2.15. The van der Waals surface area contributed by atoms with E-state index in [-0.39, 0.29) is 10.2 Å². The number of halogens is 2. The summed E-state index contributed by atoms with van der Waals surface area (Å²) in [5.74, 6) is -0.838. The van der Waals surface area contributed by atoms with Gasteiger partial charge in [0.25, 0.3) is 5.56 Å². The Balaban J connectivity index is 2.97. The predicted molar refractivity (Wildman–Crippen MR) is 53.9 cm³/mol. The van der Waals surface area contributed by atoms with Crippen molar-refractivity contribution in [3.05, 3.63) is 38.8 Å². The fraction of sp³-hybridized carbons (Fsp3) is 0. The van der Waals surface area contributed by atoms with Crippen molar-refractivity contribution in [2.45, 2.75) is 0 Å². The van der Waals surface area contributed by atoms with Gasteiger partial charge in [-0.05, 0) is 34.1 Å². The lowest BCUT2D eigenvalue weighted by Gasteiger charge is -2.01. The monoisotopic (exact) mass is 257 g/mol. The van der Waals surface area contributed by atoms with Crippen molar-refractivity contribution >= 4 is 26.8 Å². The van der Waals surface area contributed by atoms with E-state index in [2.05, 4.69) is 20.9 Å². The lowest BCUT2D eigenvalue weighted by Crippen LogP contribution is -2.04. The maximum atomic E-state index is 13.0. The maximum Gasteiger partial charge on any atom is 0.290 e. The Kier molecular flexibility index (Phi) is 2.03. The van der Waals surface area contributed by atoms with Crippen LogP contribution in [0.15, 0.2) is 27.5 Å². The molecule has 3 nitrogen and oxygen atoms in total. The van der Waals surface area contributed by atoms with Crippen LogP contribution in [-0.4, -0.2) is 10.1 Å². The maximum absolute atomic E-state index is 13.0. The first-order valence-electron chi connectivity index (χ1n) is 3.79. The summed E-state index contributed by atoms with van der Waals surface area (Å²) < 4.78 is 13.2. The van der Waals surface area contributed by atoms with Gasteiger partial charge in [0.15, 0.2) is 5.75 Å². The highest BCUT2D eigenvalue weighted by molar-refractivity contribution is 9.10. The highest BCUT2D eigenvalue weighted by Gasteiger charge is 2.07. The molecule has 72 valence electrons. The second-order valence-electron chi connectivity index (χ2n) is 2.81.